The van der Waals surface area contributed by atoms with E-state index in [-0.39, 0.29) is 0 Å². The first kappa shape index (κ1) is 12.6. The van der Waals surface area contributed by atoms with Crippen molar-refractivity contribution in [2.75, 3.05) is 11.9 Å². The Morgan fingerprint density at radius 3 is 2.65 bits per heavy atom. The van der Waals surface area contributed by atoms with Crippen LogP contribution in [0.5, 0.6) is 0 Å². The van der Waals surface area contributed by atoms with Gasteiger partial charge < -0.3 is 4.90 Å². The Bertz CT molecular complexity index is 361. The Balaban J connectivity index is 2.05. The molecule has 1 aliphatic rings. The Kier molecular flexibility index (Phi) is 4.21. The minimum absolute atomic E-state index is 0.427. The molecule has 0 aliphatic heterocycles. The van der Waals surface area contributed by atoms with E-state index >= 15 is 0 Å². The molecule has 0 saturated heterocycles. The number of rotatable bonds is 3. The number of nitrogens with zero attached hydrogens (tertiary/aromatic N) is 3. The van der Waals surface area contributed by atoms with Crippen molar-refractivity contribution in [1.29, 1.82) is 0 Å². The monoisotopic (exact) mass is 253 g/mol. The number of anilines is 1. The maximum atomic E-state index is 5.79. The SMILES string of the molecule is CC1CCC(N(C)c2cncc(CCl)n2)CC1. The van der Waals surface area contributed by atoms with Crippen LogP contribution in [0.4, 0.5) is 5.82 Å². The molecule has 1 aromatic rings. The molecule has 1 fully saturated rings. The number of halogens is 1. The van der Waals surface area contributed by atoms with Gasteiger partial charge in [0, 0.05) is 19.3 Å². The summed E-state index contributed by atoms with van der Waals surface area (Å²) in [5.41, 5.74) is 0.847. The Hall–Kier alpha value is -0.830. The molecule has 1 heterocycles. The van der Waals surface area contributed by atoms with Crippen molar-refractivity contribution in [3.05, 3.63) is 18.1 Å². The van der Waals surface area contributed by atoms with Gasteiger partial charge in [-0.2, -0.15) is 0 Å². The molecule has 1 saturated carbocycles. The lowest BCUT2D eigenvalue weighted by molar-refractivity contribution is 0.340. The van der Waals surface area contributed by atoms with Crippen molar-refractivity contribution in [3.8, 4) is 0 Å². The molecule has 17 heavy (non-hydrogen) atoms. The Morgan fingerprint density at radius 2 is 2.00 bits per heavy atom. The molecule has 0 N–H and O–H groups in total. The zero-order valence-corrected chi connectivity index (χ0v) is 11.3. The molecule has 0 bridgehead atoms. The van der Waals surface area contributed by atoms with E-state index in [1.165, 1.54) is 25.7 Å². The van der Waals surface area contributed by atoms with E-state index in [2.05, 4.69) is 28.8 Å². The van der Waals surface area contributed by atoms with Gasteiger partial charge in [0.2, 0.25) is 0 Å². The van der Waals surface area contributed by atoms with Crippen molar-refractivity contribution in [1.82, 2.24) is 9.97 Å². The molecule has 0 spiro atoms. The summed E-state index contributed by atoms with van der Waals surface area (Å²) in [6.07, 6.45) is 8.70. The van der Waals surface area contributed by atoms with E-state index in [1.54, 1.807) is 6.20 Å². The second-order valence-corrected chi connectivity index (χ2v) is 5.29. The van der Waals surface area contributed by atoms with Crippen LogP contribution in [0.25, 0.3) is 0 Å². The molecular weight excluding hydrogens is 234 g/mol. The highest BCUT2D eigenvalue weighted by Crippen LogP contribution is 2.28. The van der Waals surface area contributed by atoms with Gasteiger partial charge in [0.15, 0.2) is 0 Å². The first-order valence-corrected chi connectivity index (χ1v) is 6.84. The van der Waals surface area contributed by atoms with Crippen molar-refractivity contribution in [2.45, 2.75) is 44.5 Å². The number of hydrogen-bond donors (Lipinski definition) is 0. The van der Waals surface area contributed by atoms with Crippen LogP contribution in [-0.4, -0.2) is 23.1 Å². The Morgan fingerprint density at radius 1 is 1.29 bits per heavy atom. The maximum Gasteiger partial charge on any atom is 0.147 e. The third-order valence-corrected chi connectivity index (χ3v) is 3.98. The predicted octanol–water partition coefficient (Wildman–Crippen LogP) is 3.23. The smallest absolute Gasteiger partial charge is 0.147 e. The van der Waals surface area contributed by atoms with Gasteiger partial charge in [0.05, 0.1) is 17.8 Å². The zero-order chi connectivity index (χ0) is 12.3. The Labute approximate surface area is 108 Å². The summed E-state index contributed by atoms with van der Waals surface area (Å²) in [4.78, 5) is 11.0. The van der Waals surface area contributed by atoms with Gasteiger partial charge in [0.25, 0.3) is 0 Å². The molecule has 0 radical (unpaired) electrons. The van der Waals surface area contributed by atoms with Crippen LogP contribution < -0.4 is 4.90 Å². The highest BCUT2D eigenvalue weighted by atomic mass is 35.5. The van der Waals surface area contributed by atoms with E-state index in [9.17, 15) is 0 Å². The third kappa shape index (κ3) is 3.09. The lowest BCUT2D eigenvalue weighted by atomic mass is 9.87. The van der Waals surface area contributed by atoms with Crippen LogP contribution in [0, 0.1) is 5.92 Å². The van der Waals surface area contributed by atoms with Gasteiger partial charge in [-0.3, -0.25) is 4.98 Å². The summed E-state index contributed by atoms with van der Waals surface area (Å²) in [5, 5.41) is 0. The highest BCUT2D eigenvalue weighted by Gasteiger charge is 2.22. The van der Waals surface area contributed by atoms with Gasteiger partial charge in [0.1, 0.15) is 5.82 Å². The lowest BCUT2D eigenvalue weighted by Crippen LogP contribution is -2.35. The van der Waals surface area contributed by atoms with Crippen LogP contribution in [0.3, 0.4) is 0 Å². The van der Waals surface area contributed by atoms with E-state index in [1.807, 2.05) is 6.20 Å². The summed E-state index contributed by atoms with van der Waals surface area (Å²) in [6, 6.07) is 0.603. The van der Waals surface area contributed by atoms with E-state index in [0.717, 1.165) is 17.4 Å². The molecule has 0 amide bonds. The molecule has 0 aromatic carbocycles. The number of hydrogen-bond acceptors (Lipinski definition) is 3. The minimum Gasteiger partial charge on any atom is -0.355 e. The van der Waals surface area contributed by atoms with Crippen LogP contribution >= 0.6 is 11.6 Å². The van der Waals surface area contributed by atoms with Crippen LogP contribution in [0.2, 0.25) is 0 Å². The molecule has 1 aromatic heterocycles. The average Bonchev–Trinajstić information content (AvgIpc) is 2.39. The molecule has 4 heteroatoms. The summed E-state index contributed by atoms with van der Waals surface area (Å²) < 4.78 is 0. The van der Waals surface area contributed by atoms with Crippen molar-refractivity contribution in [3.63, 3.8) is 0 Å². The fourth-order valence-electron chi connectivity index (χ4n) is 2.45. The molecule has 3 nitrogen and oxygen atoms in total. The standard InChI is InChI=1S/C13H20ClN3/c1-10-3-5-12(6-4-10)17(2)13-9-15-8-11(7-14)16-13/h8-10,12H,3-7H2,1-2H3. The topological polar surface area (TPSA) is 29.0 Å². The first-order valence-electron chi connectivity index (χ1n) is 6.30. The summed E-state index contributed by atoms with van der Waals surface area (Å²) >= 11 is 5.79. The lowest BCUT2D eigenvalue weighted by Gasteiger charge is -2.34. The van der Waals surface area contributed by atoms with E-state index in [0.29, 0.717) is 11.9 Å². The van der Waals surface area contributed by atoms with Gasteiger partial charge in [-0.25, -0.2) is 4.98 Å². The molecule has 0 atom stereocenters. The average molecular weight is 254 g/mol. The van der Waals surface area contributed by atoms with Crippen molar-refractivity contribution < 1.29 is 0 Å². The predicted molar refractivity (Wildman–Crippen MR) is 71.4 cm³/mol. The van der Waals surface area contributed by atoms with Crippen LogP contribution in [-0.2, 0) is 5.88 Å². The van der Waals surface area contributed by atoms with Gasteiger partial charge >= 0.3 is 0 Å². The zero-order valence-electron chi connectivity index (χ0n) is 10.6. The van der Waals surface area contributed by atoms with E-state index in [4.69, 9.17) is 11.6 Å². The minimum atomic E-state index is 0.427. The number of aromatic nitrogens is 2. The molecule has 0 unspecified atom stereocenters. The quantitative estimate of drug-likeness (QED) is 0.775. The number of alkyl halides is 1. The fourth-order valence-corrected chi connectivity index (χ4v) is 2.57. The van der Waals surface area contributed by atoms with Gasteiger partial charge in [-0.15, -0.1) is 11.6 Å². The largest absolute Gasteiger partial charge is 0.355 e. The molecule has 2 rings (SSSR count). The first-order chi connectivity index (χ1) is 8.20. The second-order valence-electron chi connectivity index (χ2n) is 5.03. The molecular formula is C13H20ClN3. The van der Waals surface area contributed by atoms with Crippen molar-refractivity contribution in [2.24, 2.45) is 5.92 Å². The molecule has 1 aliphatic carbocycles. The molecule has 94 valence electrons. The maximum absolute atomic E-state index is 5.79. The van der Waals surface area contributed by atoms with Gasteiger partial charge in [-0.1, -0.05) is 6.92 Å². The van der Waals surface area contributed by atoms with Crippen LogP contribution in [0.1, 0.15) is 38.3 Å². The second kappa shape index (κ2) is 5.67. The summed E-state index contributed by atoms with van der Waals surface area (Å²) in [7, 11) is 2.11. The van der Waals surface area contributed by atoms with Crippen LogP contribution in [0.15, 0.2) is 12.4 Å². The fraction of sp³-hybridized carbons (Fsp3) is 0.692. The normalized spacial score (nSPS) is 24.6. The van der Waals surface area contributed by atoms with E-state index < -0.39 is 0 Å². The highest BCUT2D eigenvalue weighted by molar-refractivity contribution is 6.16. The third-order valence-electron chi connectivity index (χ3n) is 3.70. The van der Waals surface area contributed by atoms with Gasteiger partial charge in [-0.05, 0) is 31.6 Å². The summed E-state index contributed by atoms with van der Waals surface area (Å²) in [6.45, 7) is 2.34. The summed E-state index contributed by atoms with van der Waals surface area (Å²) in [5.74, 6) is 2.25. The van der Waals surface area contributed by atoms with Crippen molar-refractivity contribution >= 4 is 17.4 Å².